The second kappa shape index (κ2) is 6.04. The van der Waals surface area contributed by atoms with Gasteiger partial charge in [-0.2, -0.15) is 5.10 Å². The van der Waals surface area contributed by atoms with Gasteiger partial charge in [0.15, 0.2) is 0 Å². The van der Waals surface area contributed by atoms with E-state index in [-0.39, 0.29) is 5.91 Å². The molecular formula is C14H18N4O. The summed E-state index contributed by atoms with van der Waals surface area (Å²) in [6, 6.07) is 9.12. The molecule has 2 aromatic rings. The predicted molar refractivity (Wildman–Crippen MR) is 75.7 cm³/mol. The van der Waals surface area contributed by atoms with Crippen molar-refractivity contribution in [3.8, 4) is 0 Å². The molecule has 2 rings (SSSR count). The minimum absolute atomic E-state index is 0.00511. The molecular weight excluding hydrogens is 240 g/mol. The monoisotopic (exact) mass is 258 g/mol. The van der Waals surface area contributed by atoms with Crippen molar-refractivity contribution < 1.29 is 4.79 Å². The molecule has 19 heavy (non-hydrogen) atoms. The zero-order chi connectivity index (χ0) is 13.7. The molecule has 100 valence electrons. The number of amides is 1. The van der Waals surface area contributed by atoms with Gasteiger partial charge in [-0.3, -0.25) is 9.48 Å². The molecule has 1 heterocycles. The van der Waals surface area contributed by atoms with Crippen LogP contribution in [-0.2, 0) is 11.3 Å². The summed E-state index contributed by atoms with van der Waals surface area (Å²) in [7, 11) is 0. The van der Waals surface area contributed by atoms with E-state index in [0.717, 1.165) is 24.3 Å². The van der Waals surface area contributed by atoms with Gasteiger partial charge in [0.2, 0.25) is 5.91 Å². The molecule has 1 aromatic heterocycles. The van der Waals surface area contributed by atoms with Gasteiger partial charge >= 0.3 is 0 Å². The predicted octanol–water partition coefficient (Wildman–Crippen LogP) is 2.19. The van der Waals surface area contributed by atoms with E-state index in [2.05, 4.69) is 10.4 Å². The molecule has 1 aromatic carbocycles. The van der Waals surface area contributed by atoms with Gasteiger partial charge in [-0.25, -0.2) is 0 Å². The number of aromatic nitrogens is 2. The average molecular weight is 258 g/mol. The van der Waals surface area contributed by atoms with E-state index in [0.29, 0.717) is 12.1 Å². The highest BCUT2D eigenvalue weighted by molar-refractivity contribution is 5.91. The minimum atomic E-state index is -0.00511. The number of carbonyl (C=O) groups is 1. The maximum atomic E-state index is 11.7. The van der Waals surface area contributed by atoms with E-state index in [1.54, 1.807) is 12.1 Å². The normalized spacial score (nSPS) is 10.4. The minimum Gasteiger partial charge on any atom is -0.399 e. The van der Waals surface area contributed by atoms with Crippen molar-refractivity contribution in [2.45, 2.75) is 26.3 Å². The Labute approximate surface area is 112 Å². The Balaban J connectivity index is 1.76. The van der Waals surface area contributed by atoms with Crippen LogP contribution in [0, 0.1) is 6.92 Å². The fourth-order valence-electron chi connectivity index (χ4n) is 1.83. The number of anilines is 2. The quantitative estimate of drug-likeness (QED) is 0.807. The Morgan fingerprint density at radius 3 is 2.95 bits per heavy atom. The van der Waals surface area contributed by atoms with Crippen LogP contribution >= 0.6 is 0 Å². The lowest BCUT2D eigenvalue weighted by Gasteiger charge is -2.06. The number of aryl methyl sites for hydroxylation is 2. The van der Waals surface area contributed by atoms with Gasteiger partial charge in [0.25, 0.3) is 0 Å². The van der Waals surface area contributed by atoms with Crippen molar-refractivity contribution in [1.82, 2.24) is 9.78 Å². The highest BCUT2D eigenvalue weighted by Gasteiger charge is 2.03. The average Bonchev–Trinajstić information content (AvgIpc) is 2.75. The Hall–Kier alpha value is -2.30. The van der Waals surface area contributed by atoms with E-state index in [9.17, 15) is 4.79 Å². The van der Waals surface area contributed by atoms with E-state index < -0.39 is 0 Å². The molecule has 0 aliphatic carbocycles. The van der Waals surface area contributed by atoms with Gasteiger partial charge < -0.3 is 11.1 Å². The standard InChI is InChI=1S/C14H18N4O/c1-11-7-9-18(17-11)8-3-6-14(19)16-13-5-2-4-12(15)10-13/h2,4-5,7,9-10H,3,6,8,15H2,1H3,(H,16,19). The molecule has 0 atom stereocenters. The SMILES string of the molecule is Cc1ccn(CCCC(=O)Nc2cccc(N)c2)n1. The van der Waals surface area contributed by atoms with Crippen molar-refractivity contribution in [2.75, 3.05) is 11.1 Å². The summed E-state index contributed by atoms with van der Waals surface area (Å²) in [6.07, 6.45) is 3.15. The van der Waals surface area contributed by atoms with Gasteiger partial charge in [-0.1, -0.05) is 6.07 Å². The largest absolute Gasteiger partial charge is 0.399 e. The molecule has 0 aliphatic rings. The maximum absolute atomic E-state index is 11.7. The number of nitrogens with zero attached hydrogens (tertiary/aromatic N) is 2. The fourth-order valence-corrected chi connectivity index (χ4v) is 1.83. The first kappa shape index (κ1) is 13.1. The zero-order valence-corrected chi connectivity index (χ0v) is 11.0. The summed E-state index contributed by atoms with van der Waals surface area (Å²) in [5.41, 5.74) is 8.02. The Bertz CT molecular complexity index is 562. The summed E-state index contributed by atoms with van der Waals surface area (Å²) < 4.78 is 1.85. The molecule has 0 aliphatic heterocycles. The first-order chi connectivity index (χ1) is 9.13. The lowest BCUT2D eigenvalue weighted by Crippen LogP contribution is -2.12. The van der Waals surface area contributed by atoms with Crippen LogP contribution in [0.2, 0.25) is 0 Å². The van der Waals surface area contributed by atoms with Crippen LogP contribution in [0.25, 0.3) is 0 Å². The number of hydrogen-bond acceptors (Lipinski definition) is 3. The van der Waals surface area contributed by atoms with Crippen LogP contribution in [0.1, 0.15) is 18.5 Å². The molecule has 1 amide bonds. The van der Waals surface area contributed by atoms with Gasteiger partial charge in [-0.05, 0) is 37.6 Å². The van der Waals surface area contributed by atoms with E-state index in [1.165, 1.54) is 0 Å². The van der Waals surface area contributed by atoms with Crippen molar-refractivity contribution >= 4 is 17.3 Å². The smallest absolute Gasteiger partial charge is 0.224 e. The number of hydrogen-bond donors (Lipinski definition) is 2. The fraction of sp³-hybridized carbons (Fsp3) is 0.286. The third kappa shape index (κ3) is 4.13. The molecule has 0 saturated carbocycles. The molecule has 0 bridgehead atoms. The van der Waals surface area contributed by atoms with Crippen molar-refractivity contribution in [3.05, 3.63) is 42.2 Å². The third-order valence-electron chi connectivity index (χ3n) is 2.74. The summed E-state index contributed by atoms with van der Waals surface area (Å²) in [5.74, 6) is -0.00511. The van der Waals surface area contributed by atoms with Crippen molar-refractivity contribution in [1.29, 1.82) is 0 Å². The number of nitrogens with two attached hydrogens (primary N) is 1. The lowest BCUT2D eigenvalue weighted by atomic mass is 10.2. The first-order valence-corrected chi connectivity index (χ1v) is 6.29. The van der Waals surface area contributed by atoms with Crippen molar-refractivity contribution in [3.63, 3.8) is 0 Å². The van der Waals surface area contributed by atoms with Gasteiger partial charge in [0, 0.05) is 30.5 Å². The Kier molecular flexibility index (Phi) is 4.18. The summed E-state index contributed by atoms with van der Waals surface area (Å²) in [6.45, 7) is 2.70. The zero-order valence-electron chi connectivity index (χ0n) is 11.0. The lowest BCUT2D eigenvalue weighted by molar-refractivity contribution is -0.116. The highest BCUT2D eigenvalue weighted by atomic mass is 16.1. The molecule has 5 heteroatoms. The van der Waals surface area contributed by atoms with Crippen LogP contribution < -0.4 is 11.1 Å². The molecule has 0 fully saturated rings. The molecule has 0 spiro atoms. The Morgan fingerprint density at radius 2 is 2.26 bits per heavy atom. The molecule has 0 unspecified atom stereocenters. The van der Waals surface area contributed by atoms with Crippen molar-refractivity contribution in [2.24, 2.45) is 0 Å². The molecule has 0 saturated heterocycles. The number of nitrogen functional groups attached to an aromatic ring is 1. The molecule has 5 nitrogen and oxygen atoms in total. The second-order valence-electron chi connectivity index (χ2n) is 4.50. The van der Waals surface area contributed by atoms with E-state index in [1.807, 2.05) is 36.0 Å². The van der Waals surface area contributed by atoms with Crippen LogP contribution in [0.15, 0.2) is 36.5 Å². The Morgan fingerprint density at radius 1 is 1.42 bits per heavy atom. The van der Waals surface area contributed by atoms with Gasteiger partial charge in [0.05, 0.1) is 5.69 Å². The van der Waals surface area contributed by atoms with Crippen LogP contribution in [0.4, 0.5) is 11.4 Å². The molecule has 0 radical (unpaired) electrons. The first-order valence-electron chi connectivity index (χ1n) is 6.29. The highest BCUT2D eigenvalue weighted by Crippen LogP contribution is 2.12. The second-order valence-corrected chi connectivity index (χ2v) is 4.50. The van der Waals surface area contributed by atoms with Gasteiger partial charge in [0.1, 0.15) is 0 Å². The van der Waals surface area contributed by atoms with E-state index in [4.69, 9.17) is 5.73 Å². The molecule has 3 N–H and O–H groups in total. The van der Waals surface area contributed by atoms with Crippen LogP contribution in [0.3, 0.4) is 0 Å². The summed E-state index contributed by atoms with van der Waals surface area (Å²) in [5, 5.41) is 7.10. The van der Waals surface area contributed by atoms with Crippen LogP contribution in [0.5, 0.6) is 0 Å². The topological polar surface area (TPSA) is 72.9 Å². The van der Waals surface area contributed by atoms with Crippen LogP contribution in [-0.4, -0.2) is 15.7 Å². The summed E-state index contributed by atoms with van der Waals surface area (Å²) in [4.78, 5) is 11.7. The van der Waals surface area contributed by atoms with E-state index >= 15 is 0 Å². The summed E-state index contributed by atoms with van der Waals surface area (Å²) >= 11 is 0. The van der Waals surface area contributed by atoms with Gasteiger partial charge in [-0.15, -0.1) is 0 Å². The number of benzene rings is 1. The maximum Gasteiger partial charge on any atom is 0.224 e. The number of rotatable bonds is 5. The number of carbonyl (C=O) groups excluding carboxylic acids is 1. The third-order valence-corrected chi connectivity index (χ3v) is 2.74. The number of nitrogens with one attached hydrogen (secondary N) is 1.